The Bertz CT molecular complexity index is 611. The molecule has 2 aliphatic heterocycles. The van der Waals surface area contributed by atoms with E-state index in [1.807, 2.05) is 31.2 Å². The average Bonchev–Trinajstić information content (AvgIpc) is 2.79. The summed E-state index contributed by atoms with van der Waals surface area (Å²) in [7, 11) is 1.63. The van der Waals surface area contributed by atoms with E-state index in [4.69, 9.17) is 4.74 Å². The van der Waals surface area contributed by atoms with Gasteiger partial charge in [0, 0.05) is 6.04 Å². The third-order valence-electron chi connectivity index (χ3n) is 4.80. The molecule has 2 fully saturated rings. The number of nitrogens with zero attached hydrogens (tertiary/aromatic N) is 1. The average molecular weight is 317 g/mol. The Morgan fingerprint density at radius 2 is 1.96 bits per heavy atom. The van der Waals surface area contributed by atoms with Gasteiger partial charge in [0.1, 0.15) is 11.3 Å². The van der Waals surface area contributed by atoms with Crippen LogP contribution in [0.4, 0.5) is 4.79 Å². The molecule has 0 aromatic heterocycles. The Morgan fingerprint density at radius 1 is 1.26 bits per heavy atom. The minimum atomic E-state index is -0.711. The van der Waals surface area contributed by atoms with Gasteiger partial charge >= 0.3 is 6.03 Å². The monoisotopic (exact) mass is 317 g/mol. The minimum Gasteiger partial charge on any atom is -0.496 e. The predicted molar refractivity (Wildman–Crippen MR) is 86.4 cm³/mol. The van der Waals surface area contributed by atoms with Crippen molar-refractivity contribution in [1.29, 1.82) is 0 Å². The maximum Gasteiger partial charge on any atom is 0.325 e. The highest BCUT2D eigenvalue weighted by Crippen LogP contribution is 2.30. The van der Waals surface area contributed by atoms with Crippen LogP contribution in [-0.2, 0) is 11.2 Å². The summed E-state index contributed by atoms with van der Waals surface area (Å²) in [5.74, 6) is 0.689. The Labute approximate surface area is 136 Å². The zero-order valence-electron chi connectivity index (χ0n) is 13.6. The zero-order valence-corrected chi connectivity index (χ0v) is 13.6. The molecule has 0 aliphatic carbocycles. The van der Waals surface area contributed by atoms with Gasteiger partial charge in [0.25, 0.3) is 5.91 Å². The molecule has 0 bridgehead atoms. The maximum atomic E-state index is 12.9. The van der Waals surface area contributed by atoms with Crippen LogP contribution in [0.2, 0.25) is 0 Å². The van der Waals surface area contributed by atoms with E-state index in [0.29, 0.717) is 19.3 Å². The molecule has 2 saturated heterocycles. The van der Waals surface area contributed by atoms with E-state index in [2.05, 4.69) is 10.6 Å². The molecule has 2 aliphatic rings. The SMILES string of the molecule is COc1ccccc1C[C@H](C)N1C(=O)NC2(CCNCC2)C1=O. The third kappa shape index (κ3) is 2.79. The summed E-state index contributed by atoms with van der Waals surface area (Å²) in [6.45, 7) is 3.41. The van der Waals surface area contributed by atoms with E-state index in [9.17, 15) is 9.59 Å². The molecular weight excluding hydrogens is 294 g/mol. The summed E-state index contributed by atoms with van der Waals surface area (Å²) in [6.07, 6.45) is 1.88. The molecular formula is C17H23N3O3. The van der Waals surface area contributed by atoms with Gasteiger partial charge in [-0.15, -0.1) is 0 Å². The van der Waals surface area contributed by atoms with Crippen molar-refractivity contribution in [2.24, 2.45) is 0 Å². The van der Waals surface area contributed by atoms with E-state index >= 15 is 0 Å². The van der Waals surface area contributed by atoms with Crippen LogP contribution in [0, 0.1) is 0 Å². The van der Waals surface area contributed by atoms with Crippen molar-refractivity contribution in [3.8, 4) is 5.75 Å². The Morgan fingerprint density at radius 3 is 2.65 bits per heavy atom. The topological polar surface area (TPSA) is 70.7 Å². The number of ether oxygens (including phenoxy) is 1. The normalized spacial score (nSPS) is 21.4. The molecule has 0 radical (unpaired) electrons. The molecule has 2 N–H and O–H groups in total. The number of benzene rings is 1. The van der Waals surface area contributed by atoms with Crippen LogP contribution in [0.1, 0.15) is 25.3 Å². The molecule has 6 nitrogen and oxygen atoms in total. The van der Waals surface area contributed by atoms with Gasteiger partial charge in [-0.05, 0) is 50.9 Å². The molecule has 0 unspecified atom stereocenters. The lowest BCUT2D eigenvalue weighted by atomic mass is 9.88. The number of imide groups is 1. The number of amides is 3. The van der Waals surface area contributed by atoms with Crippen molar-refractivity contribution in [3.05, 3.63) is 29.8 Å². The molecule has 3 amide bonds. The molecule has 124 valence electrons. The second kappa shape index (κ2) is 6.20. The summed E-state index contributed by atoms with van der Waals surface area (Å²) in [4.78, 5) is 26.6. The largest absolute Gasteiger partial charge is 0.496 e. The lowest BCUT2D eigenvalue weighted by molar-refractivity contribution is -0.133. The highest BCUT2D eigenvalue weighted by atomic mass is 16.5. The van der Waals surface area contributed by atoms with Gasteiger partial charge in [0.15, 0.2) is 0 Å². The second-order valence-electron chi connectivity index (χ2n) is 6.30. The molecule has 0 saturated carbocycles. The number of methoxy groups -OCH3 is 1. The Kier molecular flexibility index (Phi) is 4.26. The van der Waals surface area contributed by atoms with E-state index in [-0.39, 0.29) is 18.0 Å². The standard InChI is InChI=1S/C17H23N3O3/c1-12(11-13-5-3-4-6-14(13)23-2)20-15(21)17(19-16(20)22)7-9-18-10-8-17/h3-6,12,18H,7-11H2,1-2H3,(H,19,22)/t12-/m0/s1. The fraction of sp³-hybridized carbons (Fsp3) is 0.529. The van der Waals surface area contributed by atoms with E-state index < -0.39 is 5.54 Å². The van der Waals surface area contributed by atoms with Crippen molar-refractivity contribution in [2.75, 3.05) is 20.2 Å². The van der Waals surface area contributed by atoms with Gasteiger partial charge in [-0.25, -0.2) is 4.79 Å². The van der Waals surface area contributed by atoms with Crippen molar-refractivity contribution < 1.29 is 14.3 Å². The zero-order chi connectivity index (χ0) is 16.4. The van der Waals surface area contributed by atoms with Gasteiger partial charge in [-0.3, -0.25) is 9.69 Å². The first-order valence-electron chi connectivity index (χ1n) is 8.06. The van der Waals surface area contributed by atoms with Crippen LogP contribution in [0.3, 0.4) is 0 Å². The van der Waals surface area contributed by atoms with Crippen molar-refractivity contribution in [2.45, 2.75) is 37.8 Å². The number of rotatable bonds is 4. The van der Waals surface area contributed by atoms with E-state index in [1.54, 1.807) is 7.11 Å². The fourth-order valence-corrected chi connectivity index (χ4v) is 3.52. The number of carbonyl (C=O) groups excluding carboxylic acids is 2. The van der Waals surface area contributed by atoms with Crippen molar-refractivity contribution in [3.63, 3.8) is 0 Å². The highest BCUT2D eigenvalue weighted by Gasteiger charge is 2.52. The fourth-order valence-electron chi connectivity index (χ4n) is 3.52. The summed E-state index contributed by atoms with van der Waals surface area (Å²) >= 11 is 0. The quantitative estimate of drug-likeness (QED) is 0.821. The number of piperidine rings is 1. The molecule has 23 heavy (non-hydrogen) atoms. The van der Waals surface area contributed by atoms with Crippen LogP contribution >= 0.6 is 0 Å². The van der Waals surface area contributed by atoms with E-state index in [1.165, 1.54) is 4.90 Å². The summed E-state index contributed by atoms with van der Waals surface area (Å²) in [5.41, 5.74) is 0.284. The molecule has 3 rings (SSSR count). The van der Waals surface area contributed by atoms with Gasteiger partial charge in [-0.2, -0.15) is 0 Å². The Hall–Kier alpha value is -2.08. The molecule has 6 heteroatoms. The predicted octanol–water partition coefficient (Wildman–Crippen LogP) is 1.30. The minimum absolute atomic E-state index is 0.0913. The lowest BCUT2D eigenvalue weighted by Crippen LogP contribution is -2.54. The number of hydrogen-bond acceptors (Lipinski definition) is 4. The van der Waals surface area contributed by atoms with Crippen LogP contribution in [-0.4, -0.2) is 48.6 Å². The van der Waals surface area contributed by atoms with Crippen LogP contribution in [0.15, 0.2) is 24.3 Å². The molecule has 1 aromatic rings. The second-order valence-corrected chi connectivity index (χ2v) is 6.30. The summed E-state index contributed by atoms with van der Waals surface area (Å²) in [6, 6.07) is 7.21. The van der Waals surface area contributed by atoms with E-state index in [0.717, 1.165) is 24.4 Å². The maximum absolute atomic E-state index is 12.9. The first kappa shape index (κ1) is 15.8. The lowest BCUT2D eigenvalue weighted by Gasteiger charge is -2.31. The van der Waals surface area contributed by atoms with Crippen molar-refractivity contribution >= 4 is 11.9 Å². The van der Waals surface area contributed by atoms with Crippen LogP contribution in [0.5, 0.6) is 5.75 Å². The smallest absolute Gasteiger partial charge is 0.325 e. The number of hydrogen-bond donors (Lipinski definition) is 2. The van der Waals surface area contributed by atoms with Gasteiger partial charge in [0.2, 0.25) is 0 Å². The van der Waals surface area contributed by atoms with Gasteiger partial charge < -0.3 is 15.4 Å². The Balaban J connectivity index is 1.78. The number of nitrogens with one attached hydrogen (secondary N) is 2. The van der Waals surface area contributed by atoms with Crippen molar-refractivity contribution in [1.82, 2.24) is 15.5 Å². The summed E-state index contributed by atoms with van der Waals surface area (Å²) in [5, 5.41) is 6.16. The number of para-hydroxylation sites is 1. The third-order valence-corrected chi connectivity index (χ3v) is 4.80. The molecule has 1 spiro atoms. The number of urea groups is 1. The van der Waals surface area contributed by atoms with Crippen LogP contribution in [0.25, 0.3) is 0 Å². The summed E-state index contributed by atoms with van der Waals surface area (Å²) < 4.78 is 5.36. The molecule has 1 aromatic carbocycles. The molecule has 2 heterocycles. The first-order valence-corrected chi connectivity index (χ1v) is 8.06. The van der Waals surface area contributed by atoms with Gasteiger partial charge in [-0.1, -0.05) is 18.2 Å². The molecule has 1 atom stereocenters. The first-order chi connectivity index (χ1) is 11.1. The van der Waals surface area contributed by atoms with Gasteiger partial charge in [0.05, 0.1) is 7.11 Å². The number of carbonyl (C=O) groups is 2. The highest BCUT2D eigenvalue weighted by molar-refractivity contribution is 6.07. The van der Waals surface area contributed by atoms with Crippen LogP contribution < -0.4 is 15.4 Å².